The largest absolute Gasteiger partial charge is 0.331 e. The van der Waals surface area contributed by atoms with Crippen LogP contribution in [0.15, 0.2) is 0 Å². The van der Waals surface area contributed by atoms with E-state index >= 15 is 0 Å². The van der Waals surface area contributed by atoms with Crippen LogP contribution in [0.1, 0.15) is 0 Å². The summed E-state index contributed by atoms with van der Waals surface area (Å²) >= 11 is 0. The number of hydrogen-bond acceptors (Lipinski definition) is 2. The van der Waals surface area contributed by atoms with E-state index in [0.29, 0.717) is 0 Å². The molecule has 0 atom stereocenters. The van der Waals surface area contributed by atoms with Crippen molar-refractivity contribution in [3.05, 3.63) is 7.05 Å². The number of nitrogens with one attached hydrogen (secondary N) is 2. The molecule has 0 aromatic carbocycles. The topological polar surface area (TPSA) is 44.4 Å². The van der Waals surface area contributed by atoms with Crippen molar-refractivity contribution in [2.24, 2.45) is 0 Å². The first-order valence-corrected chi connectivity index (χ1v) is 3.31. The van der Waals surface area contributed by atoms with E-state index in [1.165, 1.54) is 0 Å². The lowest BCUT2D eigenvalue weighted by molar-refractivity contribution is 0.193. The van der Waals surface area contributed by atoms with Crippen LogP contribution in [0.5, 0.6) is 0 Å². The Morgan fingerprint density at radius 2 is 2.10 bits per heavy atom. The maximum Gasteiger partial charge on any atom is 0.317 e. The zero-order valence-corrected chi connectivity index (χ0v) is 5.76. The summed E-state index contributed by atoms with van der Waals surface area (Å²) < 4.78 is 0. The highest BCUT2D eigenvalue weighted by molar-refractivity contribution is 5.74. The average Bonchev–Trinajstić information content (AvgIpc) is 2.05. The van der Waals surface area contributed by atoms with E-state index < -0.39 is 0 Å². The van der Waals surface area contributed by atoms with Crippen LogP contribution in [0, 0.1) is 7.05 Å². The Kier molecular flexibility index (Phi) is 2.50. The molecule has 0 spiro atoms. The third-order valence-electron chi connectivity index (χ3n) is 1.53. The second kappa shape index (κ2) is 3.41. The molecule has 1 rings (SSSR count). The van der Waals surface area contributed by atoms with Gasteiger partial charge in [-0.25, -0.2) is 4.79 Å². The van der Waals surface area contributed by atoms with E-state index in [9.17, 15) is 4.79 Å². The summed E-state index contributed by atoms with van der Waals surface area (Å²) in [6.45, 7) is 3.19. The van der Waals surface area contributed by atoms with Gasteiger partial charge in [0.1, 0.15) is 0 Å². The number of hydrogen-bond donors (Lipinski definition) is 2. The summed E-state index contributed by atoms with van der Waals surface area (Å²) in [6, 6.07) is -0.193. The molecule has 10 heavy (non-hydrogen) atoms. The molecule has 1 aliphatic heterocycles. The maximum atomic E-state index is 10.8. The fourth-order valence-corrected chi connectivity index (χ4v) is 0.959. The van der Waals surface area contributed by atoms with Gasteiger partial charge in [-0.2, -0.15) is 0 Å². The number of carbonyl (C=O) groups excluding carboxylic acids is 1. The zero-order valence-electron chi connectivity index (χ0n) is 5.76. The molecule has 0 aliphatic carbocycles. The van der Waals surface area contributed by atoms with Gasteiger partial charge in [0, 0.05) is 26.2 Å². The highest BCUT2D eigenvalue weighted by atomic mass is 16.2. The Labute approximate surface area is 60.6 Å². The second-order valence-electron chi connectivity index (χ2n) is 2.19. The number of urea groups is 1. The summed E-state index contributed by atoms with van der Waals surface area (Å²) in [6.07, 6.45) is 0. The SMILES string of the molecule is [CH]NC(=O)N1CCNCC1. The first-order valence-electron chi connectivity index (χ1n) is 3.31. The van der Waals surface area contributed by atoms with E-state index in [1.807, 2.05) is 0 Å². The highest BCUT2D eigenvalue weighted by Gasteiger charge is 2.13. The van der Waals surface area contributed by atoms with Gasteiger partial charge in [0.05, 0.1) is 7.05 Å². The quantitative estimate of drug-likeness (QED) is 0.437. The first-order chi connectivity index (χ1) is 4.84. The van der Waals surface area contributed by atoms with Gasteiger partial charge in [-0.1, -0.05) is 0 Å². The number of rotatable bonds is 0. The molecule has 0 aromatic heterocycles. The molecule has 0 bridgehead atoms. The first kappa shape index (κ1) is 7.34. The van der Waals surface area contributed by atoms with Gasteiger partial charge in [-0.3, -0.25) is 0 Å². The van der Waals surface area contributed by atoms with E-state index in [1.54, 1.807) is 4.90 Å². The standard InChI is InChI=1S/C6H11N3O/c1-7-6(10)9-4-2-8-3-5-9/h1,8H,2-5H2,(H,7,10). The number of nitrogens with zero attached hydrogens (tertiary/aromatic N) is 1. The molecular weight excluding hydrogens is 130 g/mol. The molecule has 4 nitrogen and oxygen atoms in total. The van der Waals surface area contributed by atoms with Gasteiger partial charge < -0.3 is 15.5 Å². The summed E-state index contributed by atoms with van der Waals surface area (Å²) in [5.41, 5.74) is 0. The number of amides is 2. The predicted octanol–water partition coefficient (Wildman–Crippen LogP) is -0.730. The van der Waals surface area contributed by atoms with Crippen LogP contribution in [-0.2, 0) is 0 Å². The molecule has 56 valence electrons. The third-order valence-corrected chi connectivity index (χ3v) is 1.53. The molecule has 1 saturated heterocycles. The lowest BCUT2D eigenvalue weighted by atomic mass is 10.4. The average molecular weight is 141 g/mol. The Morgan fingerprint density at radius 1 is 1.50 bits per heavy atom. The van der Waals surface area contributed by atoms with Crippen LogP contribution in [0.4, 0.5) is 4.79 Å². The van der Waals surface area contributed by atoms with Crippen molar-refractivity contribution in [2.75, 3.05) is 26.2 Å². The Hall–Kier alpha value is -0.770. The van der Waals surface area contributed by atoms with Gasteiger partial charge in [0.15, 0.2) is 0 Å². The van der Waals surface area contributed by atoms with Crippen molar-refractivity contribution in [3.63, 3.8) is 0 Å². The smallest absolute Gasteiger partial charge is 0.317 e. The number of piperazine rings is 1. The molecule has 2 radical (unpaired) electrons. The van der Waals surface area contributed by atoms with E-state index in [2.05, 4.69) is 10.6 Å². The Morgan fingerprint density at radius 3 is 2.60 bits per heavy atom. The molecule has 1 fully saturated rings. The molecule has 0 aromatic rings. The second-order valence-corrected chi connectivity index (χ2v) is 2.19. The van der Waals surface area contributed by atoms with Gasteiger partial charge >= 0.3 is 6.03 Å². The predicted molar refractivity (Wildman–Crippen MR) is 37.3 cm³/mol. The minimum atomic E-state index is -0.193. The highest BCUT2D eigenvalue weighted by Crippen LogP contribution is 1.91. The van der Waals surface area contributed by atoms with Crippen molar-refractivity contribution >= 4 is 6.03 Å². The van der Waals surface area contributed by atoms with Crippen LogP contribution >= 0.6 is 0 Å². The molecule has 0 saturated carbocycles. The summed E-state index contributed by atoms with van der Waals surface area (Å²) in [5, 5.41) is 5.23. The summed E-state index contributed by atoms with van der Waals surface area (Å²) in [5.74, 6) is 0. The van der Waals surface area contributed by atoms with Gasteiger partial charge in [0.25, 0.3) is 0 Å². The van der Waals surface area contributed by atoms with Crippen LogP contribution in [-0.4, -0.2) is 37.1 Å². The minimum Gasteiger partial charge on any atom is -0.331 e. The van der Waals surface area contributed by atoms with Crippen molar-refractivity contribution in [1.29, 1.82) is 0 Å². The number of carbonyl (C=O) groups is 1. The van der Waals surface area contributed by atoms with Crippen LogP contribution < -0.4 is 10.6 Å². The van der Waals surface area contributed by atoms with Gasteiger partial charge in [-0.05, 0) is 0 Å². The van der Waals surface area contributed by atoms with E-state index in [-0.39, 0.29) is 6.03 Å². The molecule has 1 heterocycles. The fourth-order valence-electron chi connectivity index (χ4n) is 0.959. The molecule has 2 amide bonds. The fraction of sp³-hybridized carbons (Fsp3) is 0.667. The van der Waals surface area contributed by atoms with Crippen molar-refractivity contribution in [2.45, 2.75) is 0 Å². The lowest BCUT2D eigenvalue weighted by Crippen LogP contribution is -2.49. The van der Waals surface area contributed by atoms with E-state index in [0.717, 1.165) is 26.2 Å². The van der Waals surface area contributed by atoms with Crippen molar-refractivity contribution in [3.8, 4) is 0 Å². The van der Waals surface area contributed by atoms with E-state index in [4.69, 9.17) is 7.05 Å². The molecule has 4 heteroatoms. The molecular formula is C6H11N3O. The minimum absolute atomic E-state index is 0.193. The van der Waals surface area contributed by atoms with Crippen LogP contribution in [0.3, 0.4) is 0 Å². The van der Waals surface area contributed by atoms with Crippen molar-refractivity contribution < 1.29 is 4.79 Å². The monoisotopic (exact) mass is 141 g/mol. The normalized spacial score (nSPS) is 18.7. The Bertz CT molecular complexity index is 120. The van der Waals surface area contributed by atoms with Crippen molar-refractivity contribution in [1.82, 2.24) is 15.5 Å². The van der Waals surface area contributed by atoms with Gasteiger partial charge in [0.2, 0.25) is 0 Å². The van der Waals surface area contributed by atoms with Crippen LogP contribution in [0.2, 0.25) is 0 Å². The van der Waals surface area contributed by atoms with Crippen LogP contribution in [0.25, 0.3) is 0 Å². The third kappa shape index (κ3) is 1.60. The Balaban J connectivity index is 2.31. The zero-order chi connectivity index (χ0) is 7.40. The summed E-state index contributed by atoms with van der Waals surface area (Å²) in [4.78, 5) is 12.5. The van der Waals surface area contributed by atoms with Gasteiger partial charge in [-0.15, -0.1) is 0 Å². The summed E-state index contributed by atoms with van der Waals surface area (Å²) in [7, 11) is 4.94. The lowest BCUT2D eigenvalue weighted by Gasteiger charge is -2.26. The molecule has 1 aliphatic rings. The maximum absolute atomic E-state index is 10.8. The molecule has 2 N–H and O–H groups in total. The molecule has 0 unspecified atom stereocenters.